The number of aromatic nitrogens is 1. The lowest BCUT2D eigenvalue weighted by molar-refractivity contribution is 0.0695. The monoisotopic (exact) mass is 418 g/mol. The van der Waals surface area contributed by atoms with Crippen LogP contribution in [0.15, 0.2) is 29.2 Å². The molecule has 5 N–H and O–H groups in total. The molecule has 0 aliphatic carbocycles. The van der Waals surface area contributed by atoms with Crippen LogP contribution in [0.4, 0.5) is 24.5 Å². The zero-order valence-electron chi connectivity index (χ0n) is 15.7. The number of pyridine rings is 1. The predicted octanol–water partition coefficient (Wildman–Crippen LogP) is 2.14. The molecule has 0 atom stereocenters. The Morgan fingerprint density at radius 2 is 1.80 bits per heavy atom. The van der Waals surface area contributed by atoms with Crippen LogP contribution in [-0.2, 0) is 0 Å². The Morgan fingerprint density at radius 1 is 1.13 bits per heavy atom. The number of nitrogens with zero attached hydrogens (tertiary/aromatic N) is 2. The molecule has 1 aliphatic rings. The van der Waals surface area contributed by atoms with E-state index in [1.54, 1.807) is 4.90 Å². The summed E-state index contributed by atoms with van der Waals surface area (Å²) in [7, 11) is 0. The van der Waals surface area contributed by atoms with Crippen LogP contribution in [0.2, 0.25) is 0 Å². The number of carboxylic acid groups (broad SMARTS) is 1. The Labute approximate surface area is 167 Å². The highest BCUT2D eigenvalue weighted by molar-refractivity contribution is 5.96. The van der Waals surface area contributed by atoms with Gasteiger partial charge in [-0.1, -0.05) is 0 Å². The zero-order valence-corrected chi connectivity index (χ0v) is 15.7. The minimum absolute atomic E-state index is 0.0595. The van der Waals surface area contributed by atoms with Gasteiger partial charge < -0.3 is 26.0 Å². The second-order valence-electron chi connectivity index (χ2n) is 7.27. The molecule has 0 spiro atoms. The van der Waals surface area contributed by atoms with Gasteiger partial charge in [-0.15, -0.1) is 0 Å². The zero-order chi connectivity index (χ0) is 21.9. The molecule has 1 aliphatic heterocycles. The second kappa shape index (κ2) is 6.77. The van der Waals surface area contributed by atoms with E-state index in [0.29, 0.717) is 19.2 Å². The molecule has 2 aromatic carbocycles. The van der Waals surface area contributed by atoms with Gasteiger partial charge in [0.15, 0.2) is 0 Å². The summed E-state index contributed by atoms with van der Waals surface area (Å²) in [5.41, 5.74) is 9.21. The number of nitrogens with two attached hydrogens (primary N) is 2. The highest BCUT2D eigenvalue weighted by Gasteiger charge is 2.29. The molecular weight excluding hydrogens is 401 g/mol. The number of hydrogen-bond acceptors (Lipinski definition) is 5. The average molecular weight is 418 g/mol. The van der Waals surface area contributed by atoms with E-state index in [0.717, 1.165) is 16.8 Å². The summed E-state index contributed by atoms with van der Waals surface area (Å²) >= 11 is 0. The summed E-state index contributed by atoms with van der Waals surface area (Å²) in [4.78, 5) is 26.0. The minimum atomic E-state index is -1.57. The molecule has 10 heteroatoms. The molecule has 156 valence electrons. The van der Waals surface area contributed by atoms with Crippen molar-refractivity contribution in [3.05, 3.63) is 63.2 Å². The van der Waals surface area contributed by atoms with Gasteiger partial charge in [0.1, 0.15) is 23.0 Å². The van der Waals surface area contributed by atoms with Crippen LogP contribution in [0, 0.1) is 24.4 Å². The first kappa shape index (κ1) is 19.8. The van der Waals surface area contributed by atoms with Gasteiger partial charge in [0.25, 0.3) is 0 Å². The summed E-state index contributed by atoms with van der Waals surface area (Å²) in [5, 5.41) is 9.22. The van der Waals surface area contributed by atoms with E-state index in [1.165, 1.54) is 13.0 Å². The molecule has 0 bridgehead atoms. The van der Waals surface area contributed by atoms with E-state index >= 15 is 4.39 Å². The molecule has 7 nitrogen and oxygen atoms in total. The molecule has 1 fully saturated rings. The standard InChI is InChI=1S/C20H17F3N4O3/c1-8-17-15(4-16(18(8)23)26-5-9(24)6-26)27(7-10(19(17)28)20(29)30)14-3-13(25)11(21)2-12(14)22/h2-4,7,9H,5-6,24-25H2,1H3,(H,29,30). The van der Waals surface area contributed by atoms with Crippen LogP contribution >= 0.6 is 0 Å². The Balaban J connectivity index is 2.13. The highest BCUT2D eigenvalue weighted by atomic mass is 19.1. The van der Waals surface area contributed by atoms with Gasteiger partial charge in [-0.25, -0.2) is 18.0 Å². The molecule has 2 heterocycles. The molecule has 0 radical (unpaired) electrons. The lowest BCUT2D eigenvalue weighted by atomic mass is 10.0. The summed E-state index contributed by atoms with van der Waals surface area (Å²) in [6.45, 7) is 2.11. The third kappa shape index (κ3) is 2.88. The van der Waals surface area contributed by atoms with Crippen LogP contribution in [0.3, 0.4) is 0 Å². The number of nitrogen functional groups attached to an aromatic ring is 1. The van der Waals surface area contributed by atoms with Crippen LogP contribution in [0.1, 0.15) is 15.9 Å². The van der Waals surface area contributed by atoms with E-state index in [2.05, 4.69) is 0 Å². The third-order valence-electron chi connectivity index (χ3n) is 5.25. The Bertz CT molecular complexity index is 1280. The quantitative estimate of drug-likeness (QED) is 0.562. The predicted molar refractivity (Wildman–Crippen MR) is 106 cm³/mol. The Morgan fingerprint density at radius 3 is 2.40 bits per heavy atom. The maximum Gasteiger partial charge on any atom is 0.341 e. The highest BCUT2D eigenvalue weighted by Crippen LogP contribution is 2.33. The van der Waals surface area contributed by atoms with Gasteiger partial charge in [0.05, 0.1) is 28.0 Å². The van der Waals surface area contributed by atoms with Gasteiger partial charge in [-0.2, -0.15) is 0 Å². The minimum Gasteiger partial charge on any atom is -0.477 e. The van der Waals surface area contributed by atoms with Crippen molar-refractivity contribution >= 4 is 28.2 Å². The molecule has 3 aromatic rings. The number of aromatic carboxylic acids is 1. The summed E-state index contributed by atoms with van der Waals surface area (Å²) in [5.74, 6) is -4.28. The maximum atomic E-state index is 15.1. The van der Waals surface area contributed by atoms with E-state index < -0.39 is 34.4 Å². The second-order valence-corrected chi connectivity index (χ2v) is 7.27. The first-order valence-electron chi connectivity index (χ1n) is 8.97. The molecule has 0 saturated carbocycles. The van der Waals surface area contributed by atoms with Gasteiger partial charge in [0, 0.05) is 37.0 Å². The fourth-order valence-corrected chi connectivity index (χ4v) is 3.66. The number of halogens is 3. The maximum absolute atomic E-state index is 15.1. The average Bonchev–Trinajstić information content (AvgIpc) is 2.65. The molecular formula is C20H17F3N4O3. The molecule has 1 aromatic heterocycles. The van der Waals surface area contributed by atoms with Crippen LogP contribution < -0.4 is 21.8 Å². The topological polar surface area (TPSA) is 115 Å². The lowest BCUT2D eigenvalue weighted by Gasteiger charge is -2.39. The number of hydrogen-bond donors (Lipinski definition) is 3. The number of aryl methyl sites for hydroxylation is 1. The largest absolute Gasteiger partial charge is 0.477 e. The number of benzene rings is 2. The fourth-order valence-electron chi connectivity index (χ4n) is 3.66. The van der Waals surface area contributed by atoms with Crippen molar-refractivity contribution < 1.29 is 23.1 Å². The van der Waals surface area contributed by atoms with Crippen LogP contribution in [0.25, 0.3) is 16.6 Å². The summed E-state index contributed by atoms with van der Waals surface area (Å²) < 4.78 is 44.4. The van der Waals surface area contributed by atoms with Gasteiger partial charge in [0.2, 0.25) is 5.43 Å². The fraction of sp³-hybridized carbons (Fsp3) is 0.200. The number of carbonyl (C=O) groups is 1. The van der Waals surface area contributed by atoms with Crippen LogP contribution in [0.5, 0.6) is 0 Å². The Kier molecular flexibility index (Phi) is 4.46. The number of carboxylic acids is 1. The van der Waals surface area contributed by atoms with E-state index in [9.17, 15) is 23.5 Å². The van der Waals surface area contributed by atoms with E-state index in [-0.39, 0.29) is 39.6 Å². The first-order chi connectivity index (χ1) is 14.1. The normalized spacial score (nSPS) is 14.2. The van der Waals surface area contributed by atoms with Crippen molar-refractivity contribution in [1.82, 2.24) is 4.57 Å². The van der Waals surface area contributed by atoms with Crippen LogP contribution in [-0.4, -0.2) is 34.8 Å². The number of anilines is 2. The molecule has 4 rings (SSSR count). The molecule has 1 saturated heterocycles. The smallest absolute Gasteiger partial charge is 0.341 e. The van der Waals surface area contributed by atoms with Crippen molar-refractivity contribution in [2.24, 2.45) is 5.73 Å². The first-order valence-corrected chi connectivity index (χ1v) is 8.97. The van der Waals surface area contributed by atoms with Crippen molar-refractivity contribution in [3.8, 4) is 5.69 Å². The number of fused-ring (bicyclic) bond motifs is 1. The molecule has 0 amide bonds. The summed E-state index contributed by atoms with van der Waals surface area (Å²) in [6, 6.07) is 2.74. The van der Waals surface area contributed by atoms with Crippen molar-refractivity contribution in [3.63, 3.8) is 0 Å². The van der Waals surface area contributed by atoms with Crippen molar-refractivity contribution in [2.75, 3.05) is 23.7 Å². The van der Waals surface area contributed by atoms with Gasteiger partial charge >= 0.3 is 5.97 Å². The van der Waals surface area contributed by atoms with Crippen molar-refractivity contribution in [1.29, 1.82) is 0 Å². The van der Waals surface area contributed by atoms with Gasteiger partial charge in [-0.05, 0) is 19.1 Å². The Hall–Kier alpha value is -3.53. The molecule has 0 unspecified atom stereocenters. The lowest BCUT2D eigenvalue weighted by Crippen LogP contribution is -2.56. The number of rotatable bonds is 3. The summed E-state index contributed by atoms with van der Waals surface area (Å²) in [6.07, 6.45) is 0.922. The van der Waals surface area contributed by atoms with E-state index in [4.69, 9.17) is 11.5 Å². The molecule has 30 heavy (non-hydrogen) atoms. The van der Waals surface area contributed by atoms with Gasteiger partial charge in [-0.3, -0.25) is 4.79 Å². The van der Waals surface area contributed by atoms with E-state index in [1.807, 2.05) is 0 Å². The third-order valence-corrected chi connectivity index (χ3v) is 5.25. The SMILES string of the molecule is Cc1c(F)c(N2CC(N)C2)cc2c1c(=O)c(C(=O)O)cn2-c1cc(N)c(F)cc1F. The van der Waals surface area contributed by atoms with Crippen molar-refractivity contribution in [2.45, 2.75) is 13.0 Å².